The number of hydrogen-bond acceptors (Lipinski definition) is 3. The van der Waals surface area contributed by atoms with Crippen LogP contribution < -0.4 is 5.32 Å². The van der Waals surface area contributed by atoms with E-state index in [1.54, 1.807) is 11.8 Å². The van der Waals surface area contributed by atoms with Crippen molar-refractivity contribution >= 4 is 11.8 Å². The molecular formula is C13H19NOS. The molecule has 2 nitrogen and oxygen atoms in total. The van der Waals surface area contributed by atoms with Crippen LogP contribution in [0, 0.1) is 0 Å². The van der Waals surface area contributed by atoms with Gasteiger partial charge in [-0.3, -0.25) is 0 Å². The molecule has 1 aliphatic heterocycles. The van der Waals surface area contributed by atoms with Gasteiger partial charge in [0.2, 0.25) is 0 Å². The number of hydrogen-bond donors (Lipinski definition) is 2. The lowest BCUT2D eigenvalue weighted by Crippen LogP contribution is -2.47. The number of piperidine rings is 1. The highest BCUT2D eigenvalue weighted by Gasteiger charge is 2.29. The fraction of sp³-hybridized carbons (Fsp3) is 0.538. The monoisotopic (exact) mass is 237 g/mol. The molecule has 1 atom stereocenters. The minimum Gasteiger partial charge on any atom is -0.388 e. The summed E-state index contributed by atoms with van der Waals surface area (Å²) >= 11 is 1.75. The Balaban J connectivity index is 2.12. The van der Waals surface area contributed by atoms with Crippen LogP contribution in [0.1, 0.15) is 18.4 Å². The van der Waals surface area contributed by atoms with Gasteiger partial charge in [-0.25, -0.2) is 0 Å². The lowest BCUT2D eigenvalue weighted by molar-refractivity contribution is 0.0164. The van der Waals surface area contributed by atoms with Gasteiger partial charge in [0.1, 0.15) is 0 Å². The average Bonchev–Trinajstić information content (AvgIpc) is 2.30. The molecule has 1 fully saturated rings. The molecule has 2 N–H and O–H groups in total. The van der Waals surface area contributed by atoms with E-state index < -0.39 is 5.60 Å². The van der Waals surface area contributed by atoms with Crippen LogP contribution in [0.4, 0.5) is 0 Å². The molecule has 0 aromatic heterocycles. The van der Waals surface area contributed by atoms with E-state index >= 15 is 0 Å². The number of aliphatic hydroxyl groups is 1. The second-order valence-corrected chi connectivity index (χ2v) is 5.34. The Labute approximate surface area is 101 Å². The zero-order chi connectivity index (χ0) is 11.4. The maximum atomic E-state index is 10.5. The minimum absolute atomic E-state index is 0.552. The van der Waals surface area contributed by atoms with Gasteiger partial charge in [0.15, 0.2) is 0 Å². The Morgan fingerprint density at radius 2 is 2.25 bits per heavy atom. The Morgan fingerprint density at radius 1 is 1.44 bits per heavy atom. The fourth-order valence-corrected chi connectivity index (χ4v) is 2.92. The van der Waals surface area contributed by atoms with Crippen LogP contribution in [0.5, 0.6) is 0 Å². The zero-order valence-electron chi connectivity index (χ0n) is 9.70. The summed E-state index contributed by atoms with van der Waals surface area (Å²) < 4.78 is 0. The summed E-state index contributed by atoms with van der Waals surface area (Å²) in [5.41, 5.74) is 0.713. The van der Waals surface area contributed by atoms with Crippen LogP contribution in [0.3, 0.4) is 0 Å². The van der Waals surface area contributed by atoms with E-state index in [4.69, 9.17) is 0 Å². The lowest BCUT2D eigenvalue weighted by Gasteiger charge is -2.33. The van der Waals surface area contributed by atoms with Gasteiger partial charge in [0.05, 0.1) is 5.60 Å². The van der Waals surface area contributed by atoms with Crippen molar-refractivity contribution in [1.82, 2.24) is 5.32 Å². The minimum atomic E-state index is -0.552. The summed E-state index contributed by atoms with van der Waals surface area (Å²) in [6.45, 7) is 1.75. The average molecular weight is 237 g/mol. The molecule has 0 saturated carbocycles. The van der Waals surface area contributed by atoms with Crippen LogP contribution in [-0.2, 0) is 6.42 Å². The summed E-state index contributed by atoms with van der Waals surface area (Å²) in [5.74, 6) is 0. The van der Waals surface area contributed by atoms with Gasteiger partial charge in [0, 0.05) is 17.9 Å². The topological polar surface area (TPSA) is 32.3 Å². The molecule has 0 amide bonds. The highest BCUT2D eigenvalue weighted by molar-refractivity contribution is 7.98. The summed E-state index contributed by atoms with van der Waals surface area (Å²) in [4.78, 5) is 1.28. The molecular weight excluding hydrogens is 218 g/mol. The molecule has 1 aromatic rings. The summed E-state index contributed by atoms with van der Waals surface area (Å²) in [6.07, 6.45) is 4.82. The Kier molecular flexibility index (Phi) is 3.90. The molecule has 1 aliphatic rings. The molecule has 0 spiro atoms. The zero-order valence-corrected chi connectivity index (χ0v) is 10.5. The fourth-order valence-electron chi connectivity index (χ4n) is 2.31. The molecule has 0 bridgehead atoms. The van der Waals surface area contributed by atoms with Crippen LogP contribution in [-0.4, -0.2) is 30.1 Å². The Hall–Kier alpha value is -0.510. The van der Waals surface area contributed by atoms with E-state index in [1.165, 1.54) is 10.5 Å². The summed E-state index contributed by atoms with van der Waals surface area (Å²) in [6, 6.07) is 8.35. The highest BCUT2D eigenvalue weighted by atomic mass is 32.2. The second kappa shape index (κ2) is 5.21. The summed E-state index contributed by atoms with van der Waals surface area (Å²) in [5, 5.41) is 13.7. The Morgan fingerprint density at radius 3 is 2.94 bits per heavy atom. The lowest BCUT2D eigenvalue weighted by atomic mass is 9.87. The van der Waals surface area contributed by atoms with Gasteiger partial charge >= 0.3 is 0 Å². The molecule has 88 valence electrons. The third-order valence-electron chi connectivity index (χ3n) is 3.16. The van der Waals surface area contributed by atoms with E-state index in [0.717, 1.165) is 32.4 Å². The van der Waals surface area contributed by atoms with Crippen LogP contribution in [0.15, 0.2) is 29.2 Å². The molecule has 1 heterocycles. The predicted molar refractivity (Wildman–Crippen MR) is 69.0 cm³/mol. The van der Waals surface area contributed by atoms with Crippen LogP contribution in [0.2, 0.25) is 0 Å². The molecule has 1 saturated heterocycles. The number of benzene rings is 1. The van der Waals surface area contributed by atoms with Crippen molar-refractivity contribution in [3.05, 3.63) is 29.8 Å². The van der Waals surface area contributed by atoms with Crippen molar-refractivity contribution in [2.75, 3.05) is 19.3 Å². The number of nitrogens with one attached hydrogen (secondary N) is 1. The van der Waals surface area contributed by atoms with E-state index in [-0.39, 0.29) is 0 Å². The van der Waals surface area contributed by atoms with Crippen molar-refractivity contribution in [3.8, 4) is 0 Å². The molecule has 16 heavy (non-hydrogen) atoms. The largest absolute Gasteiger partial charge is 0.388 e. The van der Waals surface area contributed by atoms with Gasteiger partial charge in [-0.15, -0.1) is 11.8 Å². The van der Waals surface area contributed by atoms with Crippen LogP contribution in [0.25, 0.3) is 0 Å². The molecule has 1 unspecified atom stereocenters. The SMILES string of the molecule is CSc1ccccc1CC1(O)CCCNC1. The maximum Gasteiger partial charge on any atom is 0.0812 e. The first-order chi connectivity index (χ1) is 7.73. The standard InChI is InChI=1S/C13H19NOS/c1-16-12-6-3-2-5-11(12)9-13(15)7-4-8-14-10-13/h2-3,5-6,14-15H,4,7-10H2,1H3. The predicted octanol–water partition coefficient (Wildman–Crippen LogP) is 2.07. The third kappa shape index (κ3) is 2.78. The van der Waals surface area contributed by atoms with E-state index in [1.807, 2.05) is 0 Å². The maximum absolute atomic E-state index is 10.5. The van der Waals surface area contributed by atoms with Crippen LogP contribution >= 0.6 is 11.8 Å². The van der Waals surface area contributed by atoms with Gasteiger partial charge in [-0.05, 0) is 37.3 Å². The summed E-state index contributed by atoms with van der Waals surface area (Å²) in [7, 11) is 0. The quantitative estimate of drug-likeness (QED) is 0.789. The first kappa shape index (κ1) is 12.0. The van der Waals surface area contributed by atoms with E-state index in [2.05, 4.69) is 35.8 Å². The Bertz CT molecular complexity index is 348. The van der Waals surface area contributed by atoms with Crippen molar-refractivity contribution < 1.29 is 5.11 Å². The van der Waals surface area contributed by atoms with Crippen molar-refractivity contribution in [3.63, 3.8) is 0 Å². The smallest absolute Gasteiger partial charge is 0.0812 e. The van der Waals surface area contributed by atoms with Gasteiger partial charge in [-0.2, -0.15) is 0 Å². The normalized spacial score (nSPS) is 25.6. The second-order valence-electron chi connectivity index (χ2n) is 4.49. The molecule has 1 aromatic carbocycles. The molecule has 0 aliphatic carbocycles. The number of β-amino-alcohol motifs (C(OH)–C–C–N with tert-alkyl or cyclic N) is 1. The third-order valence-corrected chi connectivity index (χ3v) is 4.00. The van der Waals surface area contributed by atoms with Gasteiger partial charge in [0.25, 0.3) is 0 Å². The number of thioether (sulfide) groups is 1. The van der Waals surface area contributed by atoms with Crippen molar-refractivity contribution in [2.45, 2.75) is 29.8 Å². The van der Waals surface area contributed by atoms with Crippen molar-refractivity contribution in [1.29, 1.82) is 0 Å². The van der Waals surface area contributed by atoms with E-state index in [0.29, 0.717) is 0 Å². The molecule has 3 heteroatoms. The number of rotatable bonds is 3. The van der Waals surface area contributed by atoms with Crippen molar-refractivity contribution in [2.24, 2.45) is 0 Å². The molecule has 0 radical (unpaired) electrons. The van der Waals surface area contributed by atoms with E-state index in [9.17, 15) is 5.11 Å². The first-order valence-electron chi connectivity index (χ1n) is 5.78. The van der Waals surface area contributed by atoms with Gasteiger partial charge < -0.3 is 10.4 Å². The molecule has 2 rings (SSSR count). The van der Waals surface area contributed by atoms with Gasteiger partial charge in [-0.1, -0.05) is 18.2 Å². The highest BCUT2D eigenvalue weighted by Crippen LogP contribution is 2.27. The first-order valence-corrected chi connectivity index (χ1v) is 7.01.